The summed E-state index contributed by atoms with van der Waals surface area (Å²) >= 11 is 3.32. The van der Waals surface area contributed by atoms with Gasteiger partial charge in [0.1, 0.15) is 5.82 Å². The molecule has 2 aromatic rings. The molecule has 0 saturated heterocycles. The molecule has 1 aromatic heterocycles. The first-order valence-electron chi connectivity index (χ1n) is 6.77. The highest BCUT2D eigenvalue weighted by Crippen LogP contribution is 2.32. The van der Waals surface area contributed by atoms with Crippen molar-refractivity contribution in [1.29, 1.82) is 0 Å². The van der Waals surface area contributed by atoms with E-state index in [-0.39, 0.29) is 11.5 Å². The van der Waals surface area contributed by atoms with E-state index >= 15 is 0 Å². The van der Waals surface area contributed by atoms with Gasteiger partial charge in [0.15, 0.2) is 5.69 Å². The van der Waals surface area contributed by atoms with Crippen LogP contribution < -0.4 is 0 Å². The van der Waals surface area contributed by atoms with Gasteiger partial charge in [-0.2, -0.15) is 5.10 Å². The number of hydrogen-bond acceptors (Lipinski definition) is 2. The van der Waals surface area contributed by atoms with Crippen molar-refractivity contribution in [3.8, 4) is 5.69 Å². The van der Waals surface area contributed by atoms with Gasteiger partial charge < -0.3 is 5.11 Å². The number of benzene rings is 1. The van der Waals surface area contributed by atoms with E-state index in [0.717, 1.165) is 30.5 Å². The lowest BCUT2D eigenvalue weighted by atomic mass is 9.87. The van der Waals surface area contributed by atoms with Crippen molar-refractivity contribution >= 4 is 21.9 Å². The largest absolute Gasteiger partial charge is 0.476 e. The van der Waals surface area contributed by atoms with Gasteiger partial charge in [0.25, 0.3) is 0 Å². The van der Waals surface area contributed by atoms with Crippen LogP contribution in [-0.2, 0) is 12.8 Å². The highest BCUT2D eigenvalue weighted by Gasteiger charge is 2.28. The Morgan fingerprint density at radius 3 is 2.95 bits per heavy atom. The van der Waals surface area contributed by atoms with Crippen LogP contribution in [0, 0.1) is 11.7 Å². The van der Waals surface area contributed by atoms with Crippen LogP contribution in [0.4, 0.5) is 4.39 Å². The molecule has 1 atom stereocenters. The Balaban J connectivity index is 2.19. The molecule has 0 aliphatic heterocycles. The highest BCUT2D eigenvalue weighted by molar-refractivity contribution is 9.10. The fraction of sp³-hybridized carbons (Fsp3) is 0.333. The minimum atomic E-state index is -1.02. The summed E-state index contributed by atoms with van der Waals surface area (Å²) in [6, 6.07) is 4.31. The predicted molar refractivity (Wildman–Crippen MR) is 79.4 cm³/mol. The second kappa shape index (κ2) is 5.26. The van der Waals surface area contributed by atoms with E-state index in [4.69, 9.17) is 0 Å². The molecule has 0 fully saturated rings. The number of carboxylic acid groups (broad SMARTS) is 1. The molecule has 1 unspecified atom stereocenters. The van der Waals surface area contributed by atoms with Crippen LogP contribution in [0.3, 0.4) is 0 Å². The third-order valence-electron chi connectivity index (χ3n) is 3.86. The van der Waals surface area contributed by atoms with Gasteiger partial charge in [0, 0.05) is 15.7 Å². The van der Waals surface area contributed by atoms with E-state index in [9.17, 15) is 14.3 Å². The number of aromatic nitrogens is 2. The van der Waals surface area contributed by atoms with Crippen LogP contribution in [0.25, 0.3) is 5.69 Å². The number of nitrogens with zero attached hydrogens (tertiary/aromatic N) is 2. The van der Waals surface area contributed by atoms with Crippen molar-refractivity contribution in [1.82, 2.24) is 9.78 Å². The lowest BCUT2D eigenvalue weighted by Gasteiger charge is -2.20. The third kappa shape index (κ3) is 2.48. The van der Waals surface area contributed by atoms with Crippen molar-refractivity contribution in [2.24, 2.45) is 5.92 Å². The molecule has 0 radical (unpaired) electrons. The van der Waals surface area contributed by atoms with Gasteiger partial charge >= 0.3 is 5.97 Å². The quantitative estimate of drug-likeness (QED) is 0.898. The molecule has 110 valence electrons. The predicted octanol–water partition coefficient (Wildman–Crippen LogP) is 3.60. The number of hydrogen-bond donors (Lipinski definition) is 1. The number of carboxylic acids is 1. The number of carbonyl (C=O) groups is 1. The maximum absolute atomic E-state index is 13.2. The summed E-state index contributed by atoms with van der Waals surface area (Å²) in [6.07, 6.45) is 2.49. The standard InChI is InChI=1S/C15H14BrFN2O2/c1-8-2-4-12-10(6-8)14(15(20)21)18-19(12)13-5-3-9(17)7-11(13)16/h3,5,7-8H,2,4,6H2,1H3,(H,20,21). The van der Waals surface area contributed by atoms with Crippen molar-refractivity contribution in [3.63, 3.8) is 0 Å². The van der Waals surface area contributed by atoms with Crippen LogP contribution in [-0.4, -0.2) is 20.9 Å². The van der Waals surface area contributed by atoms with E-state index in [1.807, 2.05) is 0 Å². The van der Waals surface area contributed by atoms with Gasteiger partial charge in [-0.3, -0.25) is 0 Å². The van der Waals surface area contributed by atoms with Gasteiger partial charge in [-0.05, 0) is 59.3 Å². The molecule has 1 N–H and O–H groups in total. The zero-order valence-corrected chi connectivity index (χ0v) is 13.0. The molecule has 1 aliphatic carbocycles. The SMILES string of the molecule is CC1CCc2c(c(C(=O)O)nn2-c2ccc(F)cc2Br)C1. The molecule has 1 aromatic carbocycles. The lowest BCUT2D eigenvalue weighted by Crippen LogP contribution is -2.14. The van der Waals surface area contributed by atoms with E-state index in [0.29, 0.717) is 16.1 Å². The third-order valence-corrected chi connectivity index (χ3v) is 4.49. The molecule has 3 rings (SSSR count). The first kappa shape index (κ1) is 14.3. The second-order valence-electron chi connectivity index (χ2n) is 5.43. The molecular formula is C15H14BrFN2O2. The smallest absolute Gasteiger partial charge is 0.356 e. The van der Waals surface area contributed by atoms with E-state index in [2.05, 4.69) is 28.0 Å². The van der Waals surface area contributed by atoms with E-state index in [1.165, 1.54) is 12.1 Å². The summed E-state index contributed by atoms with van der Waals surface area (Å²) in [5.74, 6) is -0.916. The zero-order valence-electron chi connectivity index (χ0n) is 11.4. The van der Waals surface area contributed by atoms with Crippen molar-refractivity contribution in [2.75, 3.05) is 0 Å². The Bertz CT molecular complexity index is 727. The van der Waals surface area contributed by atoms with Crippen molar-refractivity contribution < 1.29 is 14.3 Å². The molecule has 0 spiro atoms. The van der Waals surface area contributed by atoms with Crippen LogP contribution in [0.1, 0.15) is 35.1 Å². The Hall–Kier alpha value is -1.69. The van der Waals surface area contributed by atoms with Crippen LogP contribution in [0.2, 0.25) is 0 Å². The average Bonchev–Trinajstić information content (AvgIpc) is 2.77. The summed E-state index contributed by atoms with van der Waals surface area (Å²) in [5, 5.41) is 13.6. The number of halogens is 2. The van der Waals surface area contributed by atoms with Gasteiger partial charge in [-0.1, -0.05) is 6.92 Å². The summed E-state index contributed by atoms with van der Waals surface area (Å²) < 4.78 is 15.4. The number of rotatable bonds is 2. The topological polar surface area (TPSA) is 55.1 Å². The highest BCUT2D eigenvalue weighted by atomic mass is 79.9. The Labute approximate surface area is 129 Å². The molecule has 0 amide bonds. The van der Waals surface area contributed by atoms with Gasteiger partial charge in [0.05, 0.1) is 5.69 Å². The molecule has 6 heteroatoms. The first-order valence-corrected chi connectivity index (χ1v) is 7.56. The molecule has 4 nitrogen and oxygen atoms in total. The van der Waals surface area contributed by atoms with Gasteiger partial charge in [-0.25, -0.2) is 13.9 Å². The van der Waals surface area contributed by atoms with E-state index < -0.39 is 5.97 Å². The van der Waals surface area contributed by atoms with Crippen LogP contribution >= 0.6 is 15.9 Å². The molecule has 1 aliphatic rings. The Morgan fingerprint density at radius 1 is 1.52 bits per heavy atom. The normalized spacial score (nSPS) is 17.6. The van der Waals surface area contributed by atoms with Gasteiger partial charge in [0.2, 0.25) is 0 Å². The Morgan fingerprint density at radius 2 is 2.29 bits per heavy atom. The zero-order chi connectivity index (χ0) is 15.1. The summed E-state index contributed by atoms with van der Waals surface area (Å²) in [5.41, 5.74) is 2.48. The lowest BCUT2D eigenvalue weighted by molar-refractivity contribution is 0.0688. The fourth-order valence-corrected chi connectivity index (χ4v) is 3.33. The molecule has 21 heavy (non-hydrogen) atoms. The molecular weight excluding hydrogens is 339 g/mol. The maximum atomic E-state index is 13.2. The first-order chi connectivity index (χ1) is 9.97. The van der Waals surface area contributed by atoms with Crippen molar-refractivity contribution in [2.45, 2.75) is 26.2 Å². The molecule has 1 heterocycles. The molecule has 0 bridgehead atoms. The minimum absolute atomic E-state index is 0.104. The van der Waals surface area contributed by atoms with E-state index in [1.54, 1.807) is 10.7 Å². The summed E-state index contributed by atoms with van der Waals surface area (Å²) in [4.78, 5) is 11.4. The van der Waals surface area contributed by atoms with Crippen LogP contribution in [0.5, 0.6) is 0 Å². The summed E-state index contributed by atoms with van der Waals surface area (Å²) in [6.45, 7) is 2.11. The Kier molecular flexibility index (Phi) is 3.57. The number of fused-ring (bicyclic) bond motifs is 1. The fourth-order valence-electron chi connectivity index (χ4n) is 2.81. The van der Waals surface area contributed by atoms with Crippen LogP contribution in [0.15, 0.2) is 22.7 Å². The van der Waals surface area contributed by atoms with Crippen molar-refractivity contribution in [3.05, 3.63) is 45.4 Å². The monoisotopic (exact) mass is 352 g/mol. The maximum Gasteiger partial charge on any atom is 0.356 e. The summed E-state index contributed by atoms with van der Waals surface area (Å²) in [7, 11) is 0. The average molecular weight is 353 g/mol. The molecule has 0 saturated carbocycles. The number of aromatic carboxylic acids is 1. The van der Waals surface area contributed by atoms with Gasteiger partial charge in [-0.15, -0.1) is 0 Å². The second-order valence-corrected chi connectivity index (χ2v) is 6.29. The minimum Gasteiger partial charge on any atom is -0.476 e.